The normalized spacial score (nSPS) is 9.95. The van der Waals surface area contributed by atoms with Crippen LogP contribution < -0.4 is 10.1 Å². The number of aryl methyl sites for hydroxylation is 1. The number of aromatic carboxylic acids is 1. The van der Waals surface area contributed by atoms with Crippen LogP contribution in [0.4, 0.5) is 5.69 Å². The molecule has 0 fully saturated rings. The van der Waals surface area contributed by atoms with E-state index in [1.165, 1.54) is 12.1 Å². The molecular weight excluding hydrogens is 270 g/mol. The van der Waals surface area contributed by atoms with Gasteiger partial charge in [0.15, 0.2) is 6.61 Å². The Kier molecular flexibility index (Phi) is 4.56. The third-order valence-corrected chi connectivity index (χ3v) is 2.85. The van der Waals surface area contributed by atoms with Crippen molar-refractivity contribution in [2.75, 3.05) is 11.9 Å². The molecule has 0 heterocycles. The molecule has 0 aliphatic rings. The molecule has 0 spiro atoms. The fourth-order valence-electron chi connectivity index (χ4n) is 1.75. The van der Waals surface area contributed by atoms with Gasteiger partial charge in [0.25, 0.3) is 5.91 Å². The zero-order chi connectivity index (χ0) is 15.2. The molecule has 5 nitrogen and oxygen atoms in total. The zero-order valence-electron chi connectivity index (χ0n) is 11.5. The van der Waals surface area contributed by atoms with Gasteiger partial charge in [-0.1, -0.05) is 24.3 Å². The molecule has 0 radical (unpaired) electrons. The second kappa shape index (κ2) is 6.56. The van der Waals surface area contributed by atoms with Crippen molar-refractivity contribution in [1.82, 2.24) is 0 Å². The number of amides is 1. The number of carboxylic acids is 1. The van der Waals surface area contributed by atoms with E-state index in [0.29, 0.717) is 11.4 Å². The summed E-state index contributed by atoms with van der Waals surface area (Å²) in [4.78, 5) is 22.7. The molecule has 5 heteroatoms. The van der Waals surface area contributed by atoms with Gasteiger partial charge in [0.1, 0.15) is 5.75 Å². The third kappa shape index (κ3) is 4.07. The first-order chi connectivity index (χ1) is 10.1. The summed E-state index contributed by atoms with van der Waals surface area (Å²) in [5, 5.41) is 11.6. The zero-order valence-corrected chi connectivity index (χ0v) is 11.5. The van der Waals surface area contributed by atoms with E-state index in [-0.39, 0.29) is 18.1 Å². The van der Waals surface area contributed by atoms with Crippen LogP contribution >= 0.6 is 0 Å². The van der Waals surface area contributed by atoms with Crippen LogP contribution in [0.2, 0.25) is 0 Å². The van der Waals surface area contributed by atoms with Crippen LogP contribution in [0.25, 0.3) is 0 Å². The Balaban J connectivity index is 1.98. The largest absolute Gasteiger partial charge is 0.483 e. The van der Waals surface area contributed by atoms with E-state index >= 15 is 0 Å². The molecule has 2 aromatic rings. The summed E-state index contributed by atoms with van der Waals surface area (Å²) in [6.07, 6.45) is 0. The van der Waals surface area contributed by atoms with E-state index in [2.05, 4.69) is 5.32 Å². The van der Waals surface area contributed by atoms with Gasteiger partial charge in [-0.3, -0.25) is 4.79 Å². The van der Waals surface area contributed by atoms with Crippen LogP contribution in [-0.4, -0.2) is 23.6 Å². The number of carbonyl (C=O) groups is 2. The lowest BCUT2D eigenvalue weighted by Crippen LogP contribution is -2.20. The van der Waals surface area contributed by atoms with Gasteiger partial charge in [-0.2, -0.15) is 0 Å². The SMILES string of the molecule is Cc1ccc(C(=O)O)cc1OCC(=O)Nc1ccccc1. The molecule has 2 aromatic carbocycles. The fourth-order valence-corrected chi connectivity index (χ4v) is 1.75. The van der Waals surface area contributed by atoms with Crippen LogP contribution in [0, 0.1) is 6.92 Å². The first-order valence-corrected chi connectivity index (χ1v) is 6.38. The molecular formula is C16H15NO4. The topological polar surface area (TPSA) is 75.6 Å². The average Bonchev–Trinajstić information content (AvgIpc) is 2.47. The highest BCUT2D eigenvalue weighted by Crippen LogP contribution is 2.19. The maximum Gasteiger partial charge on any atom is 0.335 e. The highest BCUT2D eigenvalue weighted by atomic mass is 16.5. The predicted octanol–water partition coefficient (Wildman–Crippen LogP) is 2.71. The lowest BCUT2D eigenvalue weighted by atomic mass is 10.1. The van der Waals surface area contributed by atoms with Crippen molar-refractivity contribution in [3.63, 3.8) is 0 Å². The van der Waals surface area contributed by atoms with Crippen molar-refractivity contribution in [1.29, 1.82) is 0 Å². The van der Waals surface area contributed by atoms with Crippen LogP contribution in [0.15, 0.2) is 48.5 Å². The standard InChI is InChI=1S/C16H15NO4/c1-11-7-8-12(16(19)20)9-14(11)21-10-15(18)17-13-5-3-2-4-6-13/h2-9H,10H2,1H3,(H,17,18)(H,19,20). The Hall–Kier alpha value is -2.82. The van der Waals surface area contributed by atoms with Gasteiger partial charge in [0.2, 0.25) is 0 Å². The third-order valence-electron chi connectivity index (χ3n) is 2.85. The number of anilines is 1. The minimum atomic E-state index is -1.03. The van der Waals surface area contributed by atoms with E-state index in [1.807, 2.05) is 18.2 Å². The number of ether oxygens (including phenoxy) is 1. The molecule has 0 aliphatic carbocycles. The summed E-state index contributed by atoms with van der Waals surface area (Å²) in [5.41, 5.74) is 1.58. The molecule has 0 aliphatic heterocycles. The van der Waals surface area contributed by atoms with E-state index in [1.54, 1.807) is 25.1 Å². The van der Waals surface area contributed by atoms with Gasteiger partial charge < -0.3 is 15.2 Å². The maximum absolute atomic E-state index is 11.8. The maximum atomic E-state index is 11.8. The molecule has 2 N–H and O–H groups in total. The van der Waals surface area contributed by atoms with Crippen molar-refractivity contribution in [2.24, 2.45) is 0 Å². The van der Waals surface area contributed by atoms with Crippen molar-refractivity contribution in [3.05, 3.63) is 59.7 Å². The molecule has 21 heavy (non-hydrogen) atoms. The number of nitrogens with one attached hydrogen (secondary N) is 1. The quantitative estimate of drug-likeness (QED) is 0.885. The number of hydrogen-bond donors (Lipinski definition) is 2. The van der Waals surface area contributed by atoms with Crippen LogP contribution in [-0.2, 0) is 4.79 Å². The summed E-state index contributed by atoms with van der Waals surface area (Å²) in [6, 6.07) is 13.6. The van der Waals surface area contributed by atoms with Gasteiger partial charge >= 0.3 is 5.97 Å². The highest BCUT2D eigenvalue weighted by Gasteiger charge is 2.09. The number of para-hydroxylation sites is 1. The predicted molar refractivity (Wildman–Crippen MR) is 78.7 cm³/mol. The van der Waals surface area contributed by atoms with Gasteiger partial charge in [0, 0.05) is 5.69 Å². The minimum absolute atomic E-state index is 0.124. The number of carboxylic acid groups (broad SMARTS) is 1. The van der Waals surface area contributed by atoms with Crippen molar-refractivity contribution >= 4 is 17.6 Å². The molecule has 0 bridgehead atoms. The van der Waals surface area contributed by atoms with Gasteiger partial charge in [0.05, 0.1) is 5.56 Å². The Bertz CT molecular complexity index is 653. The van der Waals surface area contributed by atoms with Crippen LogP contribution in [0.1, 0.15) is 15.9 Å². The van der Waals surface area contributed by atoms with E-state index in [4.69, 9.17) is 9.84 Å². The fraction of sp³-hybridized carbons (Fsp3) is 0.125. The Morgan fingerprint density at radius 2 is 1.86 bits per heavy atom. The lowest BCUT2D eigenvalue weighted by molar-refractivity contribution is -0.118. The summed E-state index contributed by atoms with van der Waals surface area (Å²) in [6.45, 7) is 1.61. The highest BCUT2D eigenvalue weighted by molar-refractivity contribution is 5.92. The van der Waals surface area contributed by atoms with Gasteiger partial charge in [-0.25, -0.2) is 4.79 Å². The average molecular weight is 285 g/mol. The minimum Gasteiger partial charge on any atom is -0.483 e. The molecule has 2 rings (SSSR count). The molecule has 1 amide bonds. The van der Waals surface area contributed by atoms with Gasteiger partial charge in [-0.15, -0.1) is 0 Å². The van der Waals surface area contributed by atoms with E-state index < -0.39 is 5.97 Å². The van der Waals surface area contributed by atoms with E-state index in [0.717, 1.165) is 5.56 Å². The number of benzene rings is 2. The summed E-state index contributed by atoms with van der Waals surface area (Å²) >= 11 is 0. The first-order valence-electron chi connectivity index (χ1n) is 6.38. The smallest absolute Gasteiger partial charge is 0.335 e. The molecule has 0 aromatic heterocycles. The Morgan fingerprint density at radius 1 is 1.14 bits per heavy atom. The number of hydrogen-bond acceptors (Lipinski definition) is 3. The first kappa shape index (κ1) is 14.6. The molecule has 108 valence electrons. The van der Waals surface area contributed by atoms with Crippen LogP contribution in [0.3, 0.4) is 0 Å². The summed E-state index contributed by atoms with van der Waals surface area (Å²) in [7, 11) is 0. The molecule has 0 atom stereocenters. The second-order valence-corrected chi connectivity index (χ2v) is 4.49. The molecule has 0 saturated carbocycles. The van der Waals surface area contributed by atoms with Crippen molar-refractivity contribution in [2.45, 2.75) is 6.92 Å². The molecule has 0 unspecified atom stereocenters. The molecule has 0 saturated heterocycles. The van der Waals surface area contributed by atoms with E-state index in [9.17, 15) is 9.59 Å². The van der Waals surface area contributed by atoms with Crippen LogP contribution in [0.5, 0.6) is 5.75 Å². The Morgan fingerprint density at radius 3 is 2.52 bits per heavy atom. The Labute approximate surface area is 122 Å². The second-order valence-electron chi connectivity index (χ2n) is 4.49. The lowest BCUT2D eigenvalue weighted by Gasteiger charge is -2.10. The summed E-state index contributed by atoms with van der Waals surface area (Å²) in [5.74, 6) is -0.951. The number of carbonyl (C=O) groups excluding carboxylic acids is 1. The monoisotopic (exact) mass is 285 g/mol. The van der Waals surface area contributed by atoms with Crippen molar-refractivity contribution < 1.29 is 19.4 Å². The number of rotatable bonds is 5. The van der Waals surface area contributed by atoms with Gasteiger partial charge in [-0.05, 0) is 36.8 Å². The summed E-state index contributed by atoms with van der Waals surface area (Å²) < 4.78 is 5.39. The van der Waals surface area contributed by atoms with Crippen molar-refractivity contribution in [3.8, 4) is 5.75 Å².